The zero-order valence-electron chi connectivity index (χ0n) is 13.0. The van der Waals surface area contributed by atoms with Gasteiger partial charge in [-0.25, -0.2) is 0 Å². The van der Waals surface area contributed by atoms with E-state index < -0.39 is 0 Å². The van der Waals surface area contributed by atoms with E-state index in [1.165, 1.54) is 0 Å². The molecule has 0 amide bonds. The lowest BCUT2D eigenvalue weighted by Gasteiger charge is -2.26. The Morgan fingerprint density at radius 3 is 2.86 bits per heavy atom. The van der Waals surface area contributed by atoms with Crippen molar-refractivity contribution in [2.75, 3.05) is 44.7 Å². The summed E-state index contributed by atoms with van der Waals surface area (Å²) in [5.41, 5.74) is 1.12. The van der Waals surface area contributed by atoms with Crippen molar-refractivity contribution < 1.29 is 4.74 Å². The van der Waals surface area contributed by atoms with Crippen molar-refractivity contribution in [3.8, 4) is 0 Å². The maximum Gasteiger partial charge on any atom is 0.258 e. The van der Waals surface area contributed by atoms with Crippen LogP contribution < -0.4 is 10.9 Å². The summed E-state index contributed by atoms with van der Waals surface area (Å²) in [5, 5.41) is 5.20. The molecule has 0 spiro atoms. The molecule has 5 nitrogen and oxygen atoms in total. The van der Waals surface area contributed by atoms with Crippen LogP contribution in [0.3, 0.4) is 0 Å². The van der Waals surface area contributed by atoms with E-state index >= 15 is 0 Å². The number of rotatable bonds is 5. The average molecular weight is 301 g/mol. The van der Waals surface area contributed by atoms with Gasteiger partial charge in [-0.15, -0.1) is 0 Å². The van der Waals surface area contributed by atoms with Gasteiger partial charge in [-0.05, 0) is 42.6 Å². The Labute approximate surface area is 130 Å². The molecule has 118 valence electrons. The molecule has 1 N–H and O–H groups in total. The standard InChI is InChI=1S/C17H23N3O2/c1-19-8-5-14-13-15(3-4-16(14)17(19)21)18-6-2-7-20-9-11-22-12-10-20/h3-5,8,13,18H,2,6-7,9-12H2,1H3. The number of benzene rings is 1. The average Bonchev–Trinajstić information content (AvgIpc) is 2.56. The Kier molecular flexibility index (Phi) is 4.75. The highest BCUT2D eigenvalue weighted by Gasteiger charge is 2.09. The Balaban J connectivity index is 1.55. The van der Waals surface area contributed by atoms with Crippen molar-refractivity contribution in [2.45, 2.75) is 6.42 Å². The summed E-state index contributed by atoms with van der Waals surface area (Å²) in [4.78, 5) is 14.4. The number of morpholine rings is 1. The monoisotopic (exact) mass is 301 g/mol. The van der Waals surface area contributed by atoms with Gasteiger partial charge in [0.15, 0.2) is 0 Å². The summed E-state index contributed by atoms with van der Waals surface area (Å²) in [6.07, 6.45) is 2.92. The van der Waals surface area contributed by atoms with Crippen LogP contribution in [0.1, 0.15) is 6.42 Å². The number of aromatic nitrogens is 1. The number of nitrogens with zero attached hydrogens (tertiary/aromatic N) is 2. The van der Waals surface area contributed by atoms with Crippen LogP contribution in [0.25, 0.3) is 10.8 Å². The van der Waals surface area contributed by atoms with Gasteiger partial charge >= 0.3 is 0 Å². The minimum atomic E-state index is 0.0522. The minimum Gasteiger partial charge on any atom is -0.385 e. The zero-order chi connectivity index (χ0) is 15.4. The van der Waals surface area contributed by atoms with Gasteiger partial charge < -0.3 is 14.6 Å². The summed E-state index contributed by atoms with van der Waals surface area (Å²) in [7, 11) is 1.78. The normalized spacial score (nSPS) is 16.0. The molecule has 22 heavy (non-hydrogen) atoms. The number of anilines is 1. The van der Waals surface area contributed by atoms with Crippen LogP contribution in [0.5, 0.6) is 0 Å². The summed E-state index contributed by atoms with van der Waals surface area (Å²) in [6.45, 7) is 5.83. The third-order valence-corrected chi connectivity index (χ3v) is 4.16. The third-order valence-electron chi connectivity index (χ3n) is 4.16. The van der Waals surface area contributed by atoms with E-state index in [2.05, 4.69) is 10.2 Å². The van der Waals surface area contributed by atoms with E-state index in [4.69, 9.17) is 4.74 Å². The van der Waals surface area contributed by atoms with Crippen LogP contribution in [-0.2, 0) is 11.8 Å². The van der Waals surface area contributed by atoms with Crippen molar-refractivity contribution in [1.82, 2.24) is 9.47 Å². The van der Waals surface area contributed by atoms with E-state index in [1.807, 2.05) is 30.5 Å². The predicted octanol–water partition coefficient (Wildman–Crippen LogP) is 1.67. The fraction of sp³-hybridized carbons (Fsp3) is 0.471. The van der Waals surface area contributed by atoms with Gasteiger partial charge in [-0.2, -0.15) is 0 Å². The molecule has 0 unspecified atom stereocenters. The molecule has 0 radical (unpaired) electrons. The minimum absolute atomic E-state index is 0.0522. The zero-order valence-corrected chi connectivity index (χ0v) is 13.0. The number of fused-ring (bicyclic) bond motifs is 1. The van der Waals surface area contributed by atoms with Crippen molar-refractivity contribution in [1.29, 1.82) is 0 Å². The van der Waals surface area contributed by atoms with Crippen LogP contribution in [0, 0.1) is 0 Å². The molecule has 1 aromatic heterocycles. The largest absolute Gasteiger partial charge is 0.385 e. The lowest BCUT2D eigenvalue weighted by atomic mass is 10.1. The molecule has 1 aliphatic rings. The van der Waals surface area contributed by atoms with Gasteiger partial charge in [-0.3, -0.25) is 9.69 Å². The molecule has 2 heterocycles. The number of nitrogens with one attached hydrogen (secondary N) is 1. The van der Waals surface area contributed by atoms with Gasteiger partial charge in [0.25, 0.3) is 5.56 Å². The van der Waals surface area contributed by atoms with Crippen LogP contribution >= 0.6 is 0 Å². The summed E-state index contributed by atoms with van der Waals surface area (Å²) in [6, 6.07) is 7.92. The molecule has 2 aromatic rings. The molecule has 0 bridgehead atoms. The van der Waals surface area contributed by atoms with Crippen molar-refractivity contribution in [2.24, 2.45) is 7.05 Å². The third kappa shape index (κ3) is 3.48. The van der Waals surface area contributed by atoms with E-state index in [0.29, 0.717) is 0 Å². The first-order valence-electron chi connectivity index (χ1n) is 7.87. The van der Waals surface area contributed by atoms with Crippen LogP contribution in [0.4, 0.5) is 5.69 Å². The van der Waals surface area contributed by atoms with Gasteiger partial charge in [0.1, 0.15) is 0 Å². The second-order valence-electron chi connectivity index (χ2n) is 5.77. The predicted molar refractivity (Wildman–Crippen MR) is 89.6 cm³/mol. The first kappa shape index (κ1) is 15.1. The van der Waals surface area contributed by atoms with Gasteiger partial charge in [0.2, 0.25) is 0 Å². The number of ether oxygens (including phenoxy) is 1. The first-order valence-corrected chi connectivity index (χ1v) is 7.87. The Morgan fingerprint density at radius 1 is 1.23 bits per heavy atom. The molecule has 1 aliphatic heterocycles. The lowest BCUT2D eigenvalue weighted by molar-refractivity contribution is 0.0378. The van der Waals surface area contributed by atoms with Crippen LogP contribution in [-0.4, -0.2) is 48.9 Å². The molecule has 3 rings (SSSR count). The van der Waals surface area contributed by atoms with Gasteiger partial charge in [0.05, 0.1) is 13.2 Å². The van der Waals surface area contributed by atoms with Crippen LogP contribution in [0.2, 0.25) is 0 Å². The van der Waals surface area contributed by atoms with E-state index in [1.54, 1.807) is 11.6 Å². The highest BCUT2D eigenvalue weighted by molar-refractivity contribution is 5.84. The van der Waals surface area contributed by atoms with Crippen molar-refractivity contribution in [3.05, 3.63) is 40.8 Å². The summed E-state index contributed by atoms with van der Waals surface area (Å²) >= 11 is 0. The molecule has 0 saturated carbocycles. The highest BCUT2D eigenvalue weighted by atomic mass is 16.5. The SMILES string of the molecule is Cn1ccc2cc(NCCCN3CCOCC3)ccc2c1=O. The molecule has 1 aromatic carbocycles. The Morgan fingerprint density at radius 2 is 2.05 bits per heavy atom. The van der Waals surface area contributed by atoms with Crippen LogP contribution in [0.15, 0.2) is 35.3 Å². The smallest absolute Gasteiger partial charge is 0.258 e. The first-order chi connectivity index (χ1) is 10.7. The summed E-state index contributed by atoms with van der Waals surface area (Å²) < 4.78 is 6.96. The number of hydrogen-bond acceptors (Lipinski definition) is 4. The van der Waals surface area contributed by atoms with Gasteiger partial charge in [-0.1, -0.05) is 0 Å². The van der Waals surface area contributed by atoms with E-state index in [9.17, 15) is 4.79 Å². The fourth-order valence-corrected chi connectivity index (χ4v) is 2.82. The second kappa shape index (κ2) is 6.94. The maximum atomic E-state index is 12.0. The number of pyridine rings is 1. The topological polar surface area (TPSA) is 46.5 Å². The second-order valence-corrected chi connectivity index (χ2v) is 5.77. The molecule has 5 heteroatoms. The maximum absolute atomic E-state index is 12.0. The quantitative estimate of drug-likeness (QED) is 0.854. The van der Waals surface area contributed by atoms with E-state index in [0.717, 1.165) is 62.3 Å². The van der Waals surface area contributed by atoms with Crippen molar-refractivity contribution in [3.63, 3.8) is 0 Å². The molecule has 1 saturated heterocycles. The number of hydrogen-bond donors (Lipinski definition) is 1. The van der Waals surface area contributed by atoms with Gasteiger partial charge in [0, 0.05) is 44.0 Å². The molecule has 0 aliphatic carbocycles. The fourth-order valence-electron chi connectivity index (χ4n) is 2.82. The Bertz CT molecular complexity index is 690. The molecular formula is C17H23N3O2. The molecule has 0 atom stereocenters. The molecular weight excluding hydrogens is 278 g/mol. The van der Waals surface area contributed by atoms with Crippen molar-refractivity contribution >= 4 is 16.5 Å². The number of aryl methyl sites for hydroxylation is 1. The Hall–Kier alpha value is -1.85. The molecule has 1 fully saturated rings. The summed E-state index contributed by atoms with van der Waals surface area (Å²) in [5.74, 6) is 0. The lowest BCUT2D eigenvalue weighted by Crippen LogP contribution is -2.37. The van der Waals surface area contributed by atoms with E-state index in [-0.39, 0.29) is 5.56 Å². The highest BCUT2D eigenvalue weighted by Crippen LogP contribution is 2.16.